The quantitative estimate of drug-likeness (QED) is 0.304. The molecular weight excluding hydrogens is 494 g/mol. The van der Waals surface area contributed by atoms with Gasteiger partial charge < -0.3 is 20.6 Å². The summed E-state index contributed by atoms with van der Waals surface area (Å²) in [5, 5.41) is 23.0. The second-order valence-corrected chi connectivity index (χ2v) is 8.74. The normalized spacial score (nSPS) is 14.0. The molecule has 0 radical (unpaired) electrons. The van der Waals surface area contributed by atoms with Gasteiger partial charge in [-0.25, -0.2) is 13.8 Å². The molecule has 2 aromatic carbocycles. The second-order valence-electron chi connectivity index (χ2n) is 8.74. The van der Waals surface area contributed by atoms with Crippen LogP contribution in [-0.4, -0.2) is 74.8 Å². The number of hydrogen-bond donors (Lipinski definition) is 3. The number of nitrogens with zero attached hydrogens (tertiary/aromatic N) is 6. The molecule has 0 saturated carbocycles. The number of nitrogens with one attached hydrogen (secondary N) is 2. The van der Waals surface area contributed by atoms with Crippen LogP contribution in [0.2, 0.25) is 0 Å². The zero-order valence-electron chi connectivity index (χ0n) is 20.4. The van der Waals surface area contributed by atoms with Crippen LogP contribution >= 0.6 is 0 Å². The van der Waals surface area contributed by atoms with Gasteiger partial charge in [0.15, 0.2) is 23.1 Å². The lowest BCUT2D eigenvalue weighted by Crippen LogP contribution is -2.47. The van der Waals surface area contributed by atoms with Crippen LogP contribution in [0.5, 0.6) is 0 Å². The van der Waals surface area contributed by atoms with Crippen molar-refractivity contribution in [1.82, 2.24) is 24.5 Å². The van der Waals surface area contributed by atoms with Crippen molar-refractivity contribution in [3.63, 3.8) is 0 Å². The maximum absolute atomic E-state index is 15.1. The van der Waals surface area contributed by atoms with Gasteiger partial charge in [0, 0.05) is 44.0 Å². The molecule has 1 aliphatic heterocycles. The first kappa shape index (κ1) is 25.2. The third-order valence-electron chi connectivity index (χ3n) is 6.32. The van der Waals surface area contributed by atoms with Crippen molar-refractivity contribution in [3.05, 3.63) is 73.1 Å². The van der Waals surface area contributed by atoms with E-state index in [4.69, 9.17) is 5.11 Å². The highest BCUT2D eigenvalue weighted by Gasteiger charge is 2.22. The Bertz CT molecular complexity index is 1480. The second kappa shape index (κ2) is 10.9. The predicted molar refractivity (Wildman–Crippen MR) is 140 cm³/mol. The van der Waals surface area contributed by atoms with Crippen molar-refractivity contribution < 1.29 is 18.7 Å². The van der Waals surface area contributed by atoms with E-state index in [1.165, 1.54) is 18.3 Å². The first-order valence-corrected chi connectivity index (χ1v) is 12.0. The molecule has 3 heterocycles. The average Bonchev–Trinajstić information content (AvgIpc) is 3.36. The van der Waals surface area contributed by atoms with Gasteiger partial charge in [0.05, 0.1) is 30.4 Å². The van der Waals surface area contributed by atoms with Gasteiger partial charge in [-0.1, -0.05) is 18.7 Å². The fraction of sp³-hybridized carbons (Fsp3) is 0.231. The maximum atomic E-state index is 15.1. The number of piperazine rings is 1. The molecule has 4 aromatic rings. The van der Waals surface area contributed by atoms with Gasteiger partial charge >= 0.3 is 0 Å². The van der Waals surface area contributed by atoms with Crippen LogP contribution in [0, 0.1) is 11.6 Å². The molecule has 3 N–H and O–H groups in total. The Morgan fingerprint density at radius 3 is 2.68 bits per heavy atom. The van der Waals surface area contributed by atoms with Crippen molar-refractivity contribution >= 4 is 34.4 Å². The molecule has 2 aromatic heterocycles. The van der Waals surface area contributed by atoms with Crippen LogP contribution in [0.15, 0.2) is 61.4 Å². The lowest BCUT2D eigenvalue weighted by Gasteiger charge is -2.36. The van der Waals surface area contributed by atoms with Gasteiger partial charge in [0.25, 0.3) is 0 Å². The topological polar surface area (TPSA) is 111 Å². The van der Waals surface area contributed by atoms with E-state index in [0.29, 0.717) is 55.4 Å². The molecule has 1 saturated heterocycles. The molecule has 10 nitrogen and oxygen atoms in total. The molecular formula is C26H26F2N8O2. The number of aromatic nitrogens is 4. The minimum Gasteiger partial charge on any atom is -0.395 e. The number of carbonyl (C=O) groups excluding carboxylic acids is 1. The lowest BCUT2D eigenvalue weighted by atomic mass is 10.2. The summed E-state index contributed by atoms with van der Waals surface area (Å²) in [5.74, 6) is -1.54. The standard InChI is InChI=1S/C26H26F2N8O2/c1-2-23(38)30-18-5-3-4-17(14-18)26-33-32-22-15-29-21(16-36(22)26)31-19-6-7-20(25(28)24(19)27)35-10-8-34(9-11-35)12-13-37/h2-7,14-16,31,37H,1,8-13H2,(H,30,38). The third-order valence-corrected chi connectivity index (χ3v) is 6.32. The van der Waals surface area contributed by atoms with Crippen LogP contribution < -0.4 is 15.5 Å². The molecule has 38 heavy (non-hydrogen) atoms. The van der Waals surface area contributed by atoms with Crippen LogP contribution in [0.4, 0.5) is 31.7 Å². The summed E-state index contributed by atoms with van der Waals surface area (Å²) in [5.41, 5.74) is 1.83. The average molecular weight is 521 g/mol. The number of carbonyl (C=O) groups is 1. The SMILES string of the molecule is C=CC(=O)Nc1cccc(-c2nnc3cnc(Nc4ccc(N5CCN(CCO)CC5)c(F)c4F)cn23)c1. The van der Waals surface area contributed by atoms with E-state index in [0.717, 1.165) is 0 Å². The van der Waals surface area contributed by atoms with E-state index in [2.05, 4.69) is 37.3 Å². The number of benzene rings is 2. The number of β-amino-alcohol motifs (C(OH)–C–C–N with tert-alkyl or cyclic N) is 1. The molecule has 0 bridgehead atoms. The van der Waals surface area contributed by atoms with Crippen LogP contribution in [0.3, 0.4) is 0 Å². The zero-order valence-corrected chi connectivity index (χ0v) is 20.4. The Hall–Kier alpha value is -4.42. The van der Waals surface area contributed by atoms with Crippen LogP contribution in [0.25, 0.3) is 17.0 Å². The van der Waals surface area contributed by atoms with Gasteiger partial charge in [-0.05, 0) is 30.3 Å². The van der Waals surface area contributed by atoms with Crippen molar-refractivity contribution in [2.75, 3.05) is 54.9 Å². The summed E-state index contributed by atoms with van der Waals surface area (Å²) in [6.45, 7) is 6.49. The molecule has 0 unspecified atom stereocenters. The van der Waals surface area contributed by atoms with Gasteiger partial charge in [0.2, 0.25) is 5.91 Å². The van der Waals surface area contributed by atoms with E-state index < -0.39 is 11.6 Å². The first-order chi connectivity index (χ1) is 18.5. The van der Waals surface area contributed by atoms with Crippen LogP contribution in [-0.2, 0) is 4.79 Å². The monoisotopic (exact) mass is 520 g/mol. The van der Waals surface area contributed by atoms with E-state index in [1.807, 2.05) is 6.07 Å². The summed E-state index contributed by atoms with van der Waals surface area (Å²) < 4.78 is 31.8. The Morgan fingerprint density at radius 2 is 1.92 bits per heavy atom. The summed E-state index contributed by atoms with van der Waals surface area (Å²) in [4.78, 5) is 19.8. The molecule has 5 rings (SSSR count). The molecule has 12 heteroatoms. The molecule has 0 aliphatic carbocycles. The fourth-order valence-electron chi connectivity index (χ4n) is 4.36. The van der Waals surface area contributed by atoms with Gasteiger partial charge in [0.1, 0.15) is 5.82 Å². The Balaban J connectivity index is 1.37. The minimum atomic E-state index is -1.00. The largest absolute Gasteiger partial charge is 0.395 e. The highest BCUT2D eigenvalue weighted by atomic mass is 19.2. The summed E-state index contributed by atoms with van der Waals surface area (Å²) in [6.07, 6.45) is 4.23. The van der Waals surface area contributed by atoms with E-state index in [-0.39, 0.29) is 29.7 Å². The Kier molecular flexibility index (Phi) is 7.24. The van der Waals surface area contributed by atoms with E-state index in [9.17, 15) is 4.79 Å². The molecule has 0 atom stereocenters. The predicted octanol–water partition coefficient (Wildman–Crippen LogP) is 3.05. The highest BCUT2D eigenvalue weighted by molar-refractivity contribution is 5.99. The zero-order chi connectivity index (χ0) is 26.6. The summed E-state index contributed by atoms with van der Waals surface area (Å²) >= 11 is 0. The first-order valence-electron chi connectivity index (χ1n) is 12.0. The fourth-order valence-corrected chi connectivity index (χ4v) is 4.36. The number of aliphatic hydroxyl groups is 1. The maximum Gasteiger partial charge on any atom is 0.247 e. The van der Waals surface area contributed by atoms with Gasteiger partial charge in [-0.3, -0.25) is 14.1 Å². The van der Waals surface area contributed by atoms with E-state index in [1.54, 1.807) is 39.8 Å². The summed E-state index contributed by atoms with van der Waals surface area (Å²) in [7, 11) is 0. The Morgan fingerprint density at radius 1 is 1.11 bits per heavy atom. The smallest absolute Gasteiger partial charge is 0.247 e. The number of fused-ring (bicyclic) bond motifs is 1. The molecule has 1 amide bonds. The summed E-state index contributed by atoms with van der Waals surface area (Å²) in [6, 6.07) is 10.1. The minimum absolute atomic E-state index is 0.0548. The highest BCUT2D eigenvalue weighted by Crippen LogP contribution is 2.30. The Labute approximate surface area is 217 Å². The molecule has 1 fully saturated rings. The number of amides is 1. The number of hydrogen-bond acceptors (Lipinski definition) is 8. The number of rotatable bonds is 8. The van der Waals surface area contributed by atoms with Crippen molar-refractivity contribution in [3.8, 4) is 11.4 Å². The number of halogens is 2. The molecule has 0 spiro atoms. The number of anilines is 4. The van der Waals surface area contributed by atoms with Crippen LogP contribution in [0.1, 0.15) is 0 Å². The number of aliphatic hydroxyl groups excluding tert-OH is 1. The van der Waals surface area contributed by atoms with Gasteiger partial charge in [-0.15, -0.1) is 10.2 Å². The lowest BCUT2D eigenvalue weighted by molar-refractivity contribution is -0.111. The third kappa shape index (κ3) is 5.17. The van der Waals surface area contributed by atoms with E-state index >= 15 is 8.78 Å². The molecule has 1 aliphatic rings. The van der Waals surface area contributed by atoms with Crippen molar-refractivity contribution in [2.24, 2.45) is 0 Å². The van der Waals surface area contributed by atoms with Gasteiger partial charge in [-0.2, -0.15) is 0 Å². The molecule has 196 valence electrons. The van der Waals surface area contributed by atoms with Crippen molar-refractivity contribution in [1.29, 1.82) is 0 Å². The van der Waals surface area contributed by atoms with Crippen molar-refractivity contribution in [2.45, 2.75) is 0 Å².